The molecule has 1 atom stereocenters. The van der Waals surface area contributed by atoms with Crippen molar-refractivity contribution in [3.05, 3.63) is 34.4 Å². The minimum Gasteiger partial charge on any atom is -0.323 e. The standard InChI is InChI=1S/C16H23ClN2/c1-19-8-6-16(7-9-19)11-12-4-2-3-5-13(17)10-14(12)15(16)18/h3,5,10,15H,2,4,6-9,11,18H2,1H3/b5-3-,13-10+/t15-/m1/s1. The van der Waals surface area contributed by atoms with Gasteiger partial charge < -0.3 is 10.6 Å². The molecule has 104 valence electrons. The summed E-state index contributed by atoms with van der Waals surface area (Å²) in [6, 6.07) is 0.177. The molecule has 3 heteroatoms. The van der Waals surface area contributed by atoms with Crippen LogP contribution in [0.25, 0.3) is 0 Å². The topological polar surface area (TPSA) is 29.3 Å². The Labute approximate surface area is 121 Å². The minimum atomic E-state index is 0.177. The third kappa shape index (κ3) is 2.42. The second-order valence-electron chi connectivity index (χ2n) is 6.35. The summed E-state index contributed by atoms with van der Waals surface area (Å²) in [5, 5.41) is 0.827. The maximum atomic E-state index is 6.62. The average Bonchev–Trinajstić information content (AvgIpc) is 2.61. The van der Waals surface area contributed by atoms with E-state index in [-0.39, 0.29) is 6.04 Å². The lowest BCUT2D eigenvalue weighted by atomic mass is 9.72. The number of allylic oxidation sites excluding steroid dienone is 4. The molecule has 1 aliphatic heterocycles. The Balaban J connectivity index is 1.88. The molecule has 2 aliphatic carbocycles. The van der Waals surface area contributed by atoms with Crippen molar-refractivity contribution in [3.8, 4) is 0 Å². The van der Waals surface area contributed by atoms with E-state index in [1.54, 1.807) is 5.57 Å². The molecule has 19 heavy (non-hydrogen) atoms. The van der Waals surface area contributed by atoms with Crippen LogP contribution >= 0.6 is 11.6 Å². The number of likely N-dealkylation sites (tertiary alicyclic amines) is 1. The molecular formula is C16H23ClN2. The zero-order valence-corrected chi connectivity index (χ0v) is 12.4. The number of rotatable bonds is 0. The second kappa shape index (κ2) is 5.08. The van der Waals surface area contributed by atoms with Crippen LogP contribution in [-0.4, -0.2) is 31.1 Å². The number of nitrogens with zero attached hydrogens (tertiary/aromatic N) is 1. The van der Waals surface area contributed by atoms with Crippen molar-refractivity contribution in [2.24, 2.45) is 11.1 Å². The van der Waals surface area contributed by atoms with Crippen LogP contribution in [0.1, 0.15) is 32.1 Å². The van der Waals surface area contributed by atoms with Crippen LogP contribution in [0.4, 0.5) is 0 Å². The Morgan fingerprint density at radius 3 is 2.84 bits per heavy atom. The van der Waals surface area contributed by atoms with Crippen LogP contribution in [0.2, 0.25) is 0 Å². The molecule has 0 aromatic carbocycles. The third-order valence-electron chi connectivity index (χ3n) is 5.13. The fourth-order valence-electron chi connectivity index (χ4n) is 3.81. The Bertz CT molecular complexity index is 453. The van der Waals surface area contributed by atoms with Crippen molar-refractivity contribution in [2.45, 2.75) is 38.1 Å². The highest BCUT2D eigenvalue weighted by molar-refractivity contribution is 6.31. The first kappa shape index (κ1) is 13.4. The van der Waals surface area contributed by atoms with Gasteiger partial charge in [0.1, 0.15) is 0 Å². The fraction of sp³-hybridized carbons (Fsp3) is 0.625. The fourth-order valence-corrected chi connectivity index (χ4v) is 4.02. The van der Waals surface area contributed by atoms with Gasteiger partial charge in [0.25, 0.3) is 0 Å². The summed E-state index contributed by atoms with van der Waals surface area (Å²) in [4.78, 5) is 2.41. The lowest BCUT2D eigenvalue weighted by Crippen LogP contribution is -2.47. The molecule has 1 fully saturated rings. The van der Waals surface area contributed by atoms with Crippen molar-refractivity contribution >= 4 is 11.6 Å². The van der Waals surface area contributed by atoms with Crippen LogP contribution in [-0.2, 0) is 0 Å². The Kier molecular flexibility index (Phi) is 3.59. The predicted octanol–water partition coefficient (Wildman–Crippen LogP) is 3.20. The van der Waals surface area contributed by atoms with Crippen LogP contribution in [0, 0.1) is 5.41 Å². The van der Waals surface area contributed by atoms with Crippen LogP contribution < -0.4 is 5.73 Å². The molecule has 0 aromatic rings. The Hall–Kier alpha value is -0.570. The summed E-state index contributed by atoms with van der Waals surface area (Å²) < 4.78 is 0. The van der Waals surface area contributed by atoms with Gasteiger partial charge in [-0.25, -0.2) is 0 Å². The maximum absolute atomic E-state index is 6.62. The summed E-state index contributed by atoms with van der Waals surface area (Å²) >= 11 is 6.25. The number of nitrogens with two attached hydrogens (primary N) is 1. The minimum absolute atomic E-state index is 0.177. The quantitative estimate of drug-likeness (QED) is 0.737. The molecule has 3 aliphatic rings. The highest BCUT2D eigenvalue weighted by Crippen LogP contribution is 2.50. The van der Waals surface area contributed by atoms with Crippen LogP contribution in [0.15, 0.2) is 34.4 Å². The Morgan fingerprint density at radius 1 is 1.37 bits per heavy atom. The third-order valence-corrected chi connectivity index (χ3v) is 5.37. The highest BCUT2D eigenvalue weighted by atomic mass is 35.5. The first-order valence-electron chi connectivity index (χ1n) is 7.30. The molecular weight excluding hydrogens is 256 g/mol. The highest BCUT2D eigenvalue weighted by Gasteiger charge is 2.45. The molecule has 1 heterocycles. The summed E-state index contributed by atoms with van der Waals surface area (Å²) in [6.45, 7) is 2.34. The molecule has 0 unspecified atom stereocenters. The van der Waals surface area contributed by atoms with Crippen molar-refractivity contribution in [2.75, 3.05) is 20.1 Å². The van der Waals surface area contributed by atoms with E-state index in [2.05, 4.69) is 24.1 Å². The van der Waals surface area contributed by atoms with Gasteiger partial charge in [-0.05, 0) is 75.4 Å². The van der Waals surface area contributed by atoms with E-state index in [4.69, 9.17) is 17.3 Å². The average molecular weight is 279 g/mol. The first-order chi connectivity index (χ1) is 9.11. The van der Waals surface area contributed by atoms with Gasteiger partial charge in [-0.1, -0.05) is 23.3 Å². The number of hydrogen-bond acceptors (Lipinski definition) is 2. The molecule has 1 saturated heterocycles. The lowest BCUT2D eigenvalue weighted by molar-refractivity contribution is 0.116. The van der Waals surface area contributed by atoms with Gasteiger partial charge in [0.05, 0.1) is 0 Å². The van der Waals surface area contributed by atoms with Gasteiger partial charge in [-0.15, -0.1) is 0 Å². The summed E-state index contributed by atoms with van der Waals surface area (Å²) in [6.07, 6.45) is 12.2. The largest absolute Gasteiger partial charge is 0.323 e. The lowest BCUT2D eigenvalue weighted by Gasteiger charge is -2.41. The van der Waals surface area contributed by atoms with Crippen LogP contribution in [0.3, 0.4) is 0 Å². The first-order valence-corrected chi connectivity index (χ1v) is 7.68. The van der Waals surface area contributed by atoms with Crippen LogP contribution in [0.5, 0.6) is 0 Å². The molecule has 0 radical (unpaired) electrons. The van der Waals surface area contributed by atoms with Gasteiger partial charge >= 0.3 is 0 Å². The van der Waals surface area contributed by atoms with Gasteiger partial charge in [-0.3, -0.25) is 0 Å². The van der Waals surface area contributed by atoms with Gasteiger partial charge in [0, 0.05) is 11.1 Å². The van der Waals surface area contributed by atoms with E-state index in [0.29, 0.717) is 5.41 Å². The zero-order chi connectivity index (χ0) is 13.5. The van der Waals surface area contributed by atoms with Gasteiger partial charge in [0.15, 0.2) is 0 Å². The van der Waals surface area contributed by atoms with Gasteiger partial charge in [0.2, 0.25) is 0 Å². The summed E-state index contributed by atoms with van der Waals surface area (Å²) in [7, 11) is 2.21. The van der Waals surface area contributed by atoms with E-state index in [1.807, 2.05) is 6.08 Å². The van der Waals surface area contributed by atoms with E-state index < -0.39 is 0 Å². The van der Waals surface area contributed by atoms with E-state index in [0.717, 1.165) is 17.9 Å². The molecule has 0 amide bonds. The van der Waals surface area contributed by atoms with Gasteiger partial charge in [-0.2, -0.15) is 0 Å². The predicted molar refractivity (Wildman–Crippen MR) is 81.1 cm³/mol. The van der Waals surface area contributed by atoms with Crippen molar-refractivity contribution in [1.29, 1.82) is 0 Å². The van der Waals surface area contributed by atoms with Crippen molar-refractivity contribution in [1.82, 2.24) is 4.90 Å². The maximum Gasteiger partial charge on any atom is 0.0406 e. The molecule has 2 nitrogen and oxygen atoms in total. The smallest absolute Gasteiger partial charge is 0.0406 e. The second-order valence-corrected chi connectivity index (χ2v) is 6.79. The van der Waals surface area contributed by atoms with Crippen molar-refractivity contribution in [3.63, 3.8) is 0 Å². The normalized spacial score (nSPS) is 35.5. The molecule has 3 rings (SSSR count). The molecule has 1 spiro atoms. The van der Waals surface area contributed by atoms with E-state index in [1.165, 1.54) is 37.9 Å². The SMILES string of the molecule is CN1CCC2(CC1)CC1=C(/C=C(Cl)\C=C/CC1)[C@H]2N. The van der Waals surface area contributed by atoms with E-state index >= 15 is 0 Å². The van der Waals surface area contributed by atoms with E-state index in [9.17, 15) is 0 Å². The zero-order valence-electron chi connectivity index (χ0n) is 11.7. The molecule has 0 aromatic heterocycles. The molecule has 0 saturated carbocycles. The number of halogens is 1. The number of piperidine rings is 1. The summed E-state index contributed by atoms with van der Waals surface area (Å²) in [5.74, 6) is 0. The molecule has 2 N–H and O–H groups in total. The monoisotopic (exact) mass is 278 g/mol. The summed E-state index contributed by atoms with van der Waals surface area (Å²) in [5.41, 5.74) is 9.81. The van der Waals surface area contributed by atoms with Crippen molar-refractivity contribution < 1.29 is 0 Å². The molecule has 0 bridgehead atoms. The number of hydrogen-bond donors (Lipinski definition) is 1. The Morgan fingerprint density at radius 2 is 2.11 bits per heavy atom.